The zero-order valence-corrected chi connectivity index (χ0v) is 39.6. The van der Waals surface area contributed by atoms with Gasteiger partial charge in [0, 0.05) is 0 Å². The summed E-state index contributed by atoms with van der Waals surface area (Å²) in [6, 6.07) is -0.759. The molecule has 0 aliphatic heterocycles. The van der Waals surface area contributed by atoms with E-state index in [-0.39, 0.29) is 18.9 Å². The lowest BCUT2D eigenvalue weighted by atomic mass is 10.0. The highest BCUT2D eigenvalue weighted by molar-refractivity contribution is 5.76. The van der Waals surface area contributed by atoms with Crippen LogP contribution in [0.3, 0.4) is 0 Å². The highest BCUT2D eigenvalue weighted by atomic mass is 16.3. The minimum absolute atomic E-state index is 0.00734. The molecule has 0 aromatic carbocycles. The molecule has 0 fully saturated rings. The number of hydrogen-bond donors (Lipinski definition) is 4. The summed E-state index contributed by atoms with van der Waals surface area (Å²) in [5.74, 6) is -0.324. The van der Waals surface area contributed by atoms with Gasteiger partial charge in [-0.05, 0) is 57.8 Å². The van der Waals surface area contributed by atoms with E-state index < -0.39 is 18.2 Å². The van der Waals surface area contributed by atoms with E-state index >= 15 is 0 Å². The summed E-state index contributed by atoms with van der Waals surface area (Å²) in [6.07, 6.45) is 63.4. The molecule has 0 saturated carbocycles. The molecule has 1 amide bonds. The topological polar surface area (TPSA) is 89.8 Å². The van der Waals surface area contributed by atoms with Crippen LogP contribution in [0.5, 0.6) is 0 Å². The second kappa shape index (κ2) is 49.2. The molecular formula is C54H103NO4. The summed E-state index contributed by atoms with van der Waals surface area (Å²) in [4.78, 5) is 12.4. The Labute approximate surface area is 368 Å². The van der Waals surface area contributed by atoms with Crippen LogP contribution in [-0.2, 0) is 4.79 Å². The first-order chi connectivity index (χ1) is 29.0. The Morgan fingerprint density at radius 2 is 0.729 bits per heavy atom. The van der Waals surface area contributed by atoms with Crippen molar-refractivity contribution >= 4 is 5.91 Å². The van der Waals surface area contributed by atoms with Crippen molar-refractivity contribution in [2.45, 2.75) is 295 Å². The van der Waals surface area contributed by atoms with Crippen molar-refractivity contribution in [3.05, 3.63) is 36.5 Å². The molecule has 0 aromatic rings. The summed E-state index contributed by atoms with van der Waals surface area (Å²) in [7, 11) is 0. The smallest absolute Gasteiger partial charge is 0.222 e. The van der Waals surface area contributed by atoms with Gasteiger partial charge in [0.15, 0.2) is 0 Å². The van der Waals surface area contributed by atoms with E-state index in [0.29, 0.717) is 6.42 Å². The number of nitrogens with one attached hydrogen (secondary N) is 1. The molecule has 348 valence electrons. The monoisotopic (exact) mass is 830 g/mol. The summed E-state index contributed by atoms with van der Waals surface area (Å²) in [5.41, 5.74) is 0. The van der Waals surface area contributed by atoms with Crippen LogP contribution in [0.2, 0.25) is 0 Å². The maximum atomic E-state index is 12.4. The molecule has 5 nitrogen and oxygen atoms in total. The normalized spacial score (nSPS) is 13.6. The fourth-order valence-corrected chi connectivity index (χ4v) is 8.12. The summed E-state index contributed by atoms with van der Waals surface area (Å²) < 4.78 is 0. The van der Waals surface area contributed by atoms with Gasteiger partial charge in [0.2, 0.25) is 5.91 Å². The fraction of sp³-hybridized carbons (Fsp3) is 0.870. The standard InChI is InChI=1S/C54H103NO4/c1-3-5-7-9-11-13-15-16-17-18-19-20-21-22-23-24-25-26-27-28-29-30-31-32-33-34-35-36-38-39-41-43-45-47-51(57)49-54(59)55-52(50-56)53(58)48-46-44-42-40-37-14-12-10-8-6-4-2/h24-25,37,40,46,48,51-53,56-58H,3-23,26-36,38-39,41-45,47,49-50H2,1-2H3,(H,55,59)/b25-24-,40-37+,48-46+. The van der Waals surface area contributed by atoms with Crippen molar-refractivity contribution in [1.82, 2.24) is 5.32 Å². The van der Waals surface area contributed by atoms with E-state index in [2.05, 4.69) is 43.5 Å². The summed E-state index contributed by atoms with van der Waals surface area (Å²) >= 11 is 0. The zero-order valence-electron chi connectivity index (χ0n) is 39.6. The van der Waals surface area contributed by atoms with Crippen LogP contribution in [0.1, 0.15) is 277 Å². The average molecular weight is 830 g/mol. The van der Waals surface area contributed by atoms with Crippen LogP contribution in [0.15, 0.2) is 36.5 Å². The zero-order chi connectivity index (χ0) is 43.0. The maximum Gasteiger partial charge on any atom is 0.222 e. The molecule has 0 bridgehead atoms. The second-order valence-electron chi connectivity index (χ2n) is 18.1. The second-order valence-corrected chi connectivity index (χ2v) is 18.1. The molecule has 0 saturated heterocycles. The van der Waals surface area contributed by atoms with Crippen LogP contribution in [0.25, 0.3) is 0 Å². The molecule has 0 radical (unpaired) electrons. The third-order valence-electron chi connectivity index (χ3n) is 12.1. The first kappa shape index (κ1) is 57.6. The molecule has 0 heterocycles. The maximum absolute atomic E-state index is 12.4. The third-order valence-corrected chi connectivity index (χ3v) is 12.1. The van der Waals surface area contributed by atoms with Gasteiger partial charge < -0.3 is 20.6 Å². The van der Waals surface area contributed by atoms with E-state index in [1.807, 2.05) is 6.08 Å². The van der Waals surface area contributed by atoms with Crippen LogP contribution in [0, 0.1) is 0 Å². The average Bonchev–Trinajstić information content (AvgIpc) is 3.23. The number of carbonyl (C=O) groups excluding carboxylic acids is 1. The van der Waals surface area contributed by atoms with Crippen LogP contribution >= 0.6 is 0 Å². The fourth-order valence-electron chi connectivity index (χ4n) is 8.12. The van der Waals surface area contributed by atoms with Crippen LogP contribution < -0.4 is 5.32 Å². The van der Waals surface area contributed by atoms with E-state index in [0.717, 1.165) is 32.1 Å². The Morgan fingerprint density at radius 1 is 0.424 bits per heavy atom. The van der Waals surface area contributed by atoms with Gasteiger partial charge in [0.05, 0.1) is 31.3 Å². The minimum atomic E-state index is -0.949. The largest absolute Gasteiger partial charge is 0.394 e. The number of hydrogen-bond acceptors (Lipinski definition) is 4. The summed E-state index contributed by atoms with van der Waals surface area (Å²) in [5, 5.41) is 33.2. The van der Waals surface area contributed by atoms with Crippen molar-refractivity contribution in [3.8, 4) is 0 Å². The molecule has 0 aromatic heterocycles. The molecule has 3 unspecified atom stereocenters. The predicted octanol–water partition coefficient (Wildman–Crippen LogP) is 15.9. The SMILES string of the molecule is CCCCCCC/C=C/CC/C=C/C(O)C(CO)NC(=O)CC(O)CCCCCCCCCCCCCCCCC/C=C\CCCCCCCCCCCCCCCC. The van der Waals surface area contributed by atoms with E-state index in [1.54, 1.807) is 6.08 Å². The number of amides is 1. The molecule has 0 aliphatic carbocycles. The molecule has 3 atom stereocenters. The molecule has 59 heavy (non-hydrogen) atoms. The Kier molecular flexibility index (Phi) is 48.0. The van der Waals surface area contributed by atoms with Crippen molar-refractivity contribution < 1.29 is 20.1 Å². The Morgan fingerprint density at radius 3 is 1.08 bits per heavy atom. The van der Waals surface area contributed by atoms with Crippen molar-refractivity contribution in [1.29, 1.82) is 0 Å². The Bertz CT molecular complexity index is 916. The molecule has 5 heteroatoms. The molecule has 0 rings (SSSR count). The number of aliphatic hydroxyl groups is 3. The number of carbonyl (C=O) groups is 1. The van der Waals surface area contributed by atoms with Gasteiger partial charge >= 0.3 is 0 Å². The van der Waals surface area contributed by atoms with Gasteiger partial charge in [-0.15, -0.1) is 0 Å². The van der Waals surface area contributed by atoms with Gasteiger partial charge in [-0.25, -0.2) is 0 Å². The quantitative estimate of drug-likeness (QED) is 0.0363. The molecule has 4 N–H and O–H groups in total. The molecule has 0 aliphatic rings. The van der Waals surface area contributed by atoms with E-state index in [4.69, 9.17) is 0 Å². The lowest BCUT2D eigenvalue weighted by Crippen LogP contribution is -2.45. The van der Waals surface area contributed by atoms with Crippen LogP contribution in [0.4, 0.5) is 0 Å². The Balaban J connectivity index is 3.49. The third kappa shape index (κ3) is 45.9. The van der Waals surface area contributed by atoms with Crippen molar-refractivity contribution in [2.75, 3.05) is 6.61 Å². The highest BCUT2D eigenvalue weighted by Gasteiger charge is 2.20. The lowest BCUT2D eigenvalue weighted by molar-refractivity contribution is -0.124. The van der Waals surface area contributed by atoms with Crippen molar-refractivity contribution in [3.63, 3.8) is 0 Å². The number of rotatable bonds is 48. The lowest BCUT2D eigenvalue weighted by Gasteiger charge is -2.21. The van der Waals surface area contributed by atoms with Crippen molar-refractivity contribution in [2.24, 2.45) is 0 Å². The number of allylic oxidation sites excluding steroid dienone is 5. The highest BCUT2D eigenvalue weighted by Crippen LogP contribution is 2.17. The number of unbranched alkanes of at least 4 members (excludes halogenated alkanes) is 35. The first-order valence-electron chi connectivity index (χ1n) is 26.3. The first-order valence-corrected chi connectivity index (χ1v) is 26.3. The molecule has 0 spiro atoms. The van der Waals surface area contributed by atoms with Crippen LogP contribution in [-0.4, -0.2) is 46.1 Å². The van der Waals surface area contributed by atoms with Gasteiger partial charge in [-0.2, -0.15) is 0 Å². The Hall–Kier alpha value is -1.43. The number of aliphatic hydroxyl groups excluding tert-OH is 3. The van der Waals surface area contributed by atoms with Gasteiger partial charge in [0.25, 0.3) is 0 Å². The molecular weight excluding hydrogens is 727 g/mol. The summed E-state index contributed by atoms with van der Waals surface area (Å²) in [6.45, 7) is 4.19. The predicted molar refractivity (Wildman–Crippen MR) is 259 cm³/mol. The van der Waals surface area contributed by atoms with Gasteiger partial charge in [-0.1, -0.05) is 249 Å². The van der Waals surface area contributed by atoms with E-state index in [9.17, 15) is 20.1 Å². The minimum Gasteiger partial charge on any atom is -0.394 e. The van der Waals surface area contributed by atoms with E-state index in [1.165, 1.54) is 218 Å². The van der Waals surface area contributed by atoms with Gasteiger partial charge in [0.1, 0.15) is 0 Å². The van der Waals surface area contributed by atoms with Gasteiger partial charge in [-0.3, -0.25) is 4.79 Å².